The summed E-state index contributed by atoms with van der Waals surface area (Å²) in [4.78, 5) is 26.1. The van der Waals surface area contributed by atoms with Crippen LogP contribution >= 0.6 is 0 Å². The molecule has 0 aliphatic carbocycles. The highest BCUT2D eigenvalue weighted by atomic mass is 19.1. The number of halogens is 1. The Kier molecular flexibility index (Phi) is 5.64. The Bertz CT molecular complexity index is 1060. The number of aromatic amines is 1. The number of carbonyl (C=O) groups is 1. The van der Waals surface area contributed by atoms with Crippen molar-refractivity contribution in [2.45, 2.75) is 6.04 Å². The van der Waals surface area contributed by atoms with Crippen LogP contribution in [0.2, 0.25) is 0 Å². The molecule has 1 atom stereocenters. The third-order valence-electron chi connectivity index (χ3n) is 5.28. The number of morpholine rings is 1. The van der Waals surface area contributed by atoms with Gasteiger partial charge >= 0.3 is 0 Å². The van der Waals surface area contributed by atoms with E-state index in [-0.39, 0.29) is 29.0 Å². The lowest BCUT2D eigenvalue weighted by atomic mass is 10.0. The van der Waals surface area contributed by atoms with E-state index in [0.717, 1.165) is 18.7 Å². The van der Waals surface area contributed by atoms with Gasteiger partial charge in [0.25, 0.3) is 11.5 Å². The number of aromatic nitrogens is 2. The standard InChI is InChI=1S/C21H21FN4O3/c22-15-7-5-14(6-8-15)18(26-9-11-29-12-10-26)13-23-21(28)19-16-3-1-2-4-17(16)20(27)25-24-19/h1-8,18H,9-13H2,(H,23,28)(H,25,27)/p+1/t18-/m0/s1. The molecule has 1 saturated heterocycles. The molecule has 1 amide bonds. The number of ether oxygens (including phenoxy) is 1. The lowest BCUT2D eigenvalue weighted by Gasteiger charge is -2.32. The predicted octanol–water partition coefficient (Wildman–Crippen LogP) is 0.448. The Morgan fingerprint density at radius 2 is 1.83 bits per heavy atom. The number of rotatable bonds is 5. The van der Waals surface area contributed by atoms with Crippen molar-refractivity contribution >= 4 is 16.7 Å². The molecule has 7 nitrogen and oxygen atoms in total. The second-order valence-corrected chi connectivity index (χ2v) is 7.03. The maximum atomic E-state index is 13.4. The highest BCUT2D eigenvalue weighted by Gasteiger charge is 2.27. The average Bonchev–Trinajstić information content (AvgIpc) is 2.76. The minimum atomic E-state index is -0.364. The van der Waals surface area contributed by atoms with Crippen LogP contribution in [0.5, 0.6) is 0 Å². The molecular weight excluding hydrogens is 375 g/mol. The van der Waals surface area contributed by atoms with Crippen LogP contribution in [0.1, 0.15) is 22.1 Å². The molecule has 2 aromatic carbocycles. The van der Waals surface area contributed by atoms with Gasteiger partial charge in [-0.2, -0.15) is 5.10 Å². The van der Waals surface area contributed by atoms with Gasteiger partial charge in [-0.1, -0.05) is 30.3 Å². The molecule has 150 valence electrons. The molecule has 4 rings (SSSR count). The largest absolute Gasteiger partial charge is 0.370 e. The van der Waals surface area contributed by atoms with E-state index in [2.05, 4.69) is 15.5 Å². The molecule has 0 spiro atoms. The van der Waals surface area contributed by atoms with Gasteiger partial charge in [0.05, 0.1) is 25.1 Å². The highest BCUT2D eigenvalue weighted by Crippen LogP contribution is 2.14. The smallest absolute Gasteiger partial charge is 0.272 e. The zero-order chi connectivity index (χ0) is 20.2. The van der Waals surface area contributed by atoms with Crippen molar-refractivity contribution in [1.29, 1.82) is 0 Å². The van der Waals surface area contributed by atoms with Gasteiger partial charge in [0.2, 0.25) is 0 Å². The van der Waals surface area contributed by atoms with E-state index in [0.29, 0.717) is 30.5 Å². The van der Waals surface area contributed by atoms with E-state index in [9.17, 15) is 14.0 Å². The summed E-state index contributed by atoms with van der Waals surface area (Å²) in [6.07, 6.45) is 0. The lowest BCUT2D eigenvalue weighted by molar-refractivity contribution is -0.937. The van der Waals surface area contributed by atoms with Crippen molar-refractivity contribution in [3.8, 4) is 0 Å². The zero-order valence-electron chi connectivity index (χ0n) is 15.8. The van der Waals surface area contributed by atoms with Crippen LogP contribution in [0, 0.1) is 5.82 Å². The summed E-state index contributed by atoms with van der Waals surface area (Å²) in [5, 5.41) is 10.2. The molecule has 1 fully saturated rings. The Morgan fingerprint density at radius 3 is 2.55 bits per heavy atom. The minimum absolute atomic E-state index is 0.0440. The van der Waals surface area contributed by atoms with Crippen LogP contribution in [0.25, 0.3) is 10.8 Å². The molecule has 0 saturated carbocycles. The molecule has 1 aromatic heterocycles. The summed E-state index contributed by atoms with van der Waals surface area (Å²) in [6, 6.07) is 13.2. The lowest BCUT2D eigenvalue weighted by Crippen LogP contribution is -3.15. The molecule has 8 heteroatoms. The fourth-order valence-electron chi connectivity index (χ4n) is 3.74. The van der Waals surface area contributed by atoms with Crippen molar-refractivity contribution in [3.63, 3.8) is 0 Å². The Hall–Kier alpha value is -3.10. The first kappa shape index (κ1) is 19.2. The highest BCUT2D eigenvalue weighted by molar-refractivity contribution is 6.04. The third kappa shape index (κ3) is 4.18. The van der Waals surface area contributed by atoms with Crippen molar-refractivity contribution in [3.05, 3.63) is 76.0 Å². The van der Waals surface area contributed by atoms with Gasteiger partial charge in [-0.15, -0.1) is 0 Å². The first-order chi connectivity index (χ1) is 14.1. The van der Waals surface area contributed by atoms with E-state index in [1.807, 2.05) is 0 Å². The summed E-state index contributed by atoms with van der Waals surface area (Å²) >= 11 is 0. The van der Waals surface area contributed by atoms with Gasteiger partial charge in [-0.3, -0.25) is 9.59 Å². The number of carbonyl (C=O) groups excluding carboxylic acids is 1. The maximum Gasteiger partial charge on any atom is 0.272 e. The van der Waals surface area contributed by atoms with E-state index >= 15 is 0 Å². The molecule has 1 aliphatic heterocycles. The van der Waals surface area contributed by atoms with E-state index in [1.165, 1.54) is 17.0 Å². The summed E-state index contributed by atoms with van der Waals surface area (Å²) in [6.45, 7) is 3.25. The number of benzene rings is 2. The number of amides is 1. The van der Waals surface area contributed by atoms with Crippen molar-refractivity contribution in [1.82, 2.24) is 15.5 Å². The minimum Gasteiger partial charge on any atom is -0.370 e. The van der Waals surface area contributed by atoms with E-state index in [4.69, 9.17) is 4.74 Å². The number of hydrogen-bond acceptors (Lipinski definition) is 4. The quantitative estimate of drug-likeness (QED) is 0.583. The fraction of sp³-hybridized carbons (Fsp3) is 0.286. The van der Waals surface area contributed by atoms with Crippen LogP contribution in [-0.2, 0) is 4.74 Å². The van der Waals surface area contributed by atoms with Crippen LogP contribution in [0.15, 0.2) is 53.3 Å². The molecular formula is C21H22FN4O3+. The number of fused-ring (bicyclic) bond motifs is 1. The molecule has 0 radical (unpaired) electrons. The molecule has 29 heavy (non-hydrogen) atoms. The Labute approximate surface area is 166 Å². The first-order valence-electron chi connectivity index (χ1n) is 9.57. The van der Waals surface area contributed by atoms with Crippen LogP contribution in [-0.4, -0.2) is 49.0 Å². The Balaban J connectivity index is 1.57. The van der Waals surface area contributed by atoms with Gasteiger partial charge in [0.15, 0.2) is 5.69 Å². The van der Waals surface area contributed by atoms with Gasteiger partial charge in [0, 0.05) is 10.9 Å². The predicted molar refractivity (Wildman–Crippen MR) is 105 cm³/mol. The monoisotopic (exact) mass is 397 g/mol. The topological polar surface area (TPSA) is 88.5 Å². The van der Waals surface area contributed by atoms with Crippen molar-refractivity contribution in [2.24, 2.45) is 0 Å². The number of quaternary nitrogens is 1. The van der Waals surface area contributed by atoms with E-state index in [1.54, 1.807) is 36.4 Å². The maximum absolute atomic E-state index is 13.4. The SMILES string of the molecule is O=C(NC[C@@H](c1ccc(F)cc1)[NH+]1CCOCC1)c1n[nH]c(=O)c2ccccc12. The second-order valence-electron chi connectivity index (χ2n) is 7.03. The molecule has 3 aromatic rings. The van der Waals surface area contributed by atoms with Crippen LogP contribution < -0.4 is 15.8 Å². The van der Waals surface area contributed by atoms with Crippen molar-refractivity contribution in [2.75, 3.05) is 32.8 Å². The van der Waals surface area contributed by atoms with Crippen LogP contribution in [0.4, 0.5) is 4.39 Å². The number of H-pyrrole nitrogens is 1. The van der Waals surface area contributed by atoms with Crippen LogP contribution in [0.3, 0.4) is 0 Å². The second kappa shape index (κ2) is 8.50. The normalized spacial score (nSPS) is 15.9. The number of nitrogens with one attached hydrogen (secondary N) is 3. The molecule has 3 N–H and O–H groups in total. The molecule has 0 bridgehead atoms. The Morgan fingerprint density at radius 1 is 1.14 bits per heavy atom. The van der Waals surface area contributed by atoms with Crippen molar-refractivity contribution < 1.29 is 18.8 Å². The molecule has 1 aliphatic rings. The van der Waals surface area contributed by atoms with Gasteiger partial charge < -0.3 is 15.0 Å². The van der Waals surface area contributed by atoms with E-state index < -0.39 is 0 Å². The molecule has 0 unspecified atom stereocenters. The first-order valence-corrected chi connectivity index (χ1v) is 9.57. The van der Waals surface area contributed by atoms with Gasteiger partial charge in [0.1, 0.15) is 24.9 Å². The summed E-state index contributed by atoms with van der Waals surface area (Å²) in [5.41, 5.74) is 0.789. The number of nitrogens with zero attached hydrogens (tertiary/aromatic N) is 1. The van der Waals surface area contributed by atoms with Gasteiger partial charge in [-0.25, -0.2) is 9.49 Å². The molecule has 2 heterocycles. The zero-order valence-corrected chi connectivity index (χ0v) is 15.8. The summed E-state index contributed by atoms with van der Waals surface area (Å²) in [7, 11) is 0. The average molecular weight is 397 g/mol. The third-order valence-corrected chi connectivity index (χ3v) is 5.28. The van der Waals surface area contributed by atoms with Gasteiger partial charge in [-0.05, 0) is 18.2 Å². The summed E-state index contributed by atoms with van der Waals surface area (Å²) < 4.78 is 18.8. The fourth-order valence-corrected chi connectivity index (χ4v) is 3.74. The summed E-state index contributed by atoms with van der Waals surface area (Å²) in [5.74, 6) is -0.658. The number of hydrogen-bond donors (Lipinski definition) is 3.